The van der Waals surface area contributed by atoms with Gasteiger partial charge in [0.15, 0.2) is 0 Å². The first-order valence-corrected chi connectivity index (χ1v) is 7.72. The Balaban J connectivity index is 2.16. The molecule has 7 heteroatoms. The molecule has 0 aliphatic carbocycles. The molecule has 0 N–H and O–H groups in total. The van der Waals surface area contributed by atoms with Gasteiger partial charge >= 0.3 is 0 Å². The highest BCUT2D eigenvalue weighted by atomic mass is 79.9. The van der Waals surface area contributed by atoms with Crippen LogP contribution in [0.15, 0.2) is 51.5 Å². The minimum absolute atomic E-state index is 0.207. The Labute approximate surface area is 143 Å². The van der Waals surface area contributed by atoms with Crippen molar-refractivity contribution in [3.8, 4) is 5.75 Å². The summed E-state index contributed by atoms with van der Waals surface area (Å²) in [5, 5.41) is 10.3. The van der Waals surface area contributed by atoms with Gasteiger partial charge in [-0.1, -0.05) is 12.1 Å². The number of benzene rings is 2. The quantitative estimate of drug-likeness (QED) is 0.485. The number of hydrogen-bond donors (Lipinski definition) is 0. The van der Waals surface area contributed by atoms with Crippen LogP contribution in [0.5, 0.6) is 5.75 Å². The second-order valence-corrected chi connectivity index (χ2v) is 6.04. The summed E-state index contributed by atoms with van der Waals surface area (Å²) >= 11 is 6.72. The fourth-order valence-corrected chi connectivity index (χ4v) is 3.19. The zero-order valence-electron chi connectivity index (χ0n) is 11.1. The monoisotopic (exact) mass is 429 g/mol. The second kappa shape index (κ2) is 7.51. The maximum Gasteiger partial charge on any atom is 0.235 e. The van der Waals surface area contributed by atoms with E-state index in [0.29, 0.717) is 25.8 Å². The predicted molar refractivity (Wildman–Crippen MR) is 88.6 cm³/mol. The Bertz CT molecular complexity index is 711. The van der Waals surface area contributed by atoms with Crippen molar-refractivity contribution < 1.29 is 14.1 Å². The van der Waals surface area contributed by atoms with Crippen LogP contribution in [0, 0.1) is 15.9 Å². The van der Waals surface area contributed by atoms with Gasteiger partial charge in [-0.05, 0) is 67.3 Å². The summed E-state index contributed by atoms with van der Waals surface area (Å²) < 4.78 is 20.1. The van der Waals surface area contributed by atoms with Gasteiger partial charge < -0.3 is 4.74 Å². The van der Waals surface area contributed by atoms with Gasteiger partial charge in [-0.25, -0.2) is 4.39 Å². The lowest BCUT2D eigenvalue weighted by atomic mass is 10.2. The van der Waals surface area contributed by atoms with E-state index in [0.717, 1.165) is 6.20 Å². The van der Waals surface area contributed by atoms with Crippen LogP contribution in [0.1, 0.15) is 11.1 Å². The van der Waals surface area contributed by atoms with Gasteiger partial charge in [0.1, 0.15) is 18.2 Å². The van der Waals surface area contributed by atoms with Crippen LogP contribution in [0.4, 0.5) is 4.39 Å². The van der Waals surface area contributed by atoms with Crippen molar-refractivity contribution in [3.63, 3.8) is 0 Å². The van der Waals surface area contributed by atoms with Crippen LogP contribution in [0.2, 0.25) is 0 Å². The van der Waals surface area contributed by atoms with Crippen LogP contribution in [-0.4, -0.2) is 4.92 Å². The van der Waals surface area contributed by atoms with E-state index in [4.69, 9.17) is 4.74 Å². The van der Waals surface area contributed by atoms with Gasteiger partial charge in [0, 0.05) is 6.08 Å². The number of rotatable bonds is 5. The third-order valence-corrected chi connectivity index (χ3v) is 3.86. The molecule has 0 saturated heterocycles. The van der Waals surface area contributed by atoms with Gasteiger partial charge in [-0.3, -0.25) is 10.1 Å². The van der Waals surface area contributed by atoms with Crippen LogP contribution in [0.25, 0.3) is 6.08 Å². The Morgan fingerprint density at radius 1 is 1.23 bits per heavy atom. The first kappa shape index (κ1) is 16.6. The first-order valence-electron chi connectivity index (χ1n) is 6.13. The molecule has 0 unspecified atom stereocenters. The molecule has 4 nitrogen and oxygen atoms in total. The molecule has 0 aromatic heterocycles. The van der Waals surface area contributed by atoms with E-state index in [9.17, 15) is 14.5 Å². The molecule has 2 aromatic carbocycles. The SMILES string of the molecule is O=[N+]([O-])C=Cc1cc(Br)c(OCc2cccc(F)c2)c(Br)c1. The van der Waals surface area contributed by atoms with E-state index >= 15 is 0 Å². The van der Waals surface area contributed by atoms with Crippen molar-refractivity contribution in [2.24, 2.45) is 0 Å². The number of halogens is 3. The Kier molecular flexibility index (Phi) is 5.68. The van der Waals surface area contributed by atoms with Crippen LogP contribution >= 0.6 is 31.9 Å². The molecule has 0 amide bonds. The normalized spacial score (nSPS) is 10.9. The molecule has 0 fully saturated rings. The van der Waals surface area contributed by atoms with E-state index in [1.54, 1.807) is 24.3 Å². The number of nitro groups is 1. The van der Waals surface area contributed by atoms with Crippen molar-refractivity contribution in [2.75, 3.05) is 0 Å². The van der Waals surface area contributed by atoms with E-state index in [-0.39, 0.29) is 12.4 Å². The van der Waals surface area contributed by atoms with Crippen molar-refractivity contribution in [2.45, 2.75) is 6.61 Å². The van der Waals surface area contributed by atoms with Crippen molar-refractivity contribution in [1.29, 1.82) is 0 Å². The second-order valence-electron chi connectivity index (χ2n) is 4.33. The molecule has 0 atom stereocenters. The van der Waals surface area contributed by atoms with Gasteiger partial charge in [0.2, 0.25) is 6.20 Å². The van der Waals surface area contributed by atoms with E-state index in [1.165, 1.54) is 18.2 Å². The first-order chi connectivity index (χ1) is 10.5. The lowest BCUT2D eigenvalue weighted by molar-refractivity contribution is -0.400. The van der Waals surface area contributed by atoms with Gasteiger partial charge in [-0.2, -0.15) is 0 Å². The average molecular weight is 431 g/mol. The van der Waals surface area contributed by atoms with Crippen molar-refractivity contribution in [3.05, 3.63) is 78.6 Å². The Morgan fingerprint density at radius 3 is 2.50 bits per heavy atom. The molecule has 2 aromatic rings. The highest BCUT2D eigenvalue weighted by Gasteiger charge is 2.09. The maximum atomic E-state index is 13.1. The topological polar surface area (TPSA) is 52.4 Å². The van der Waals surface area contributed by atoms with Crippen LogP contribution < -0.4 is 4.74 Å². The lowest BCUT2D eigenvalue weighted by Crippen LogP contribution is -1.97. The third kappa shape index (κ3) is 4.64. The highest BCUT2D eigenvalue weighted by molar-refractivity contribution is 9.11. The predicted octanol–water partition coefficient (Wildman–Crippen LogP) is 5.18. The van der Waals surface area contributed by atoms with Crippen molar-refractivity contribution in [1.82, 2.24) is 0 Å². The molecule has 22 heavy (non-hydrogen) atoms. The lowest BCUT2D eigenvalue weighted by Gasteiger charge is -2.11. The smallest absolute Gasteiger partial charge is 0.235 e. The fraction of sp³-hybridized carbons (Fsp3) is 0.0667. The third-order valence-electron chi connectivity index (χ3n) is 2.68. The summed E-state index contributed by atoms with van der Waals surface area (Å²) in [6.07, 6.45) is 2.24. The fourth-order valence-electron chi connectivity index (χ4n) is 1.74. The average Bonchev–Trinajstić information content (AvgIpc) is 2.44. The summed E-state index contributed by atoms with van der Waals surface area (Å²) in [5.74, 6) is 0.224. The summed E-state index contributed by atoms with van der Waals surface area (Å²) in [7, 11) is 0. The van der Waals surface area contributed by atoms with Crippen molar-refractivity contribution >= 4 is 37.9 Å². The highest BCUT2D eigenvalue weighted by Crippen LogP contribution is 2.35. The molecule has 2 rings (SSSR count). The molecule has 0 heterocycles. The summed E-state index contributed by atoms with van der Waals surface area (Å²) in [4.78, 5) is 9.80. The molecule has 0 bridgehead atoms. The van der Waals surface area contributed by atoms with Gasteiger partial charge in [0.25, 0.3) is 0 Å². The van der Waals surface area contributed by atoms with Gasteiger partial charge in [-0.15, -0.1) is 0 Å². The van der Waals surface area contributed by atoms with Crippen LogP contribution in [0.3, 0.4) is 0 Å². The zero-order valence-corrected chi connectivity index (χ0v) is 14.3. The zero-order chi connectivity index (χ0) is 16.1. The molecular weight excluding hydrogens is 421 g/mol. The molecule has 0 spiro atoms. The van der Waals surface area contributed by atoms with E-state index in [1.807, 2.05) is 0 Å². The minimum Gasteiger partial charge on any atom is -0.487 e. The molecule has 0 aliphatic heterocycles. The summed E-state index contributed by atoms with van der Waals surface area (Å²) in [6.45, 7) is 0.207. The molecule has 0 radical (unpaired) electrons. The Hall–Kier alpha value is -1.73. The minimum atomic E-state index is -0.532. The largest absolute Gasteiger partial charge is 0.487 e. The van der Waals surface area contributed by atoms with E-state index < -0.39 is 4.92 Å². The number of ether oxygens (including phenoxy) is 1. The number of hydrogen-bond acceptors (Lipinski definition) is 3. The standard InChI is InChI=1S/C15H10Br2FNO3/c16-13-7-10(4-5-19(20)21)8-14(17)15(13)22-9-11-2-1-3-12(18)6-11/h1-8H,9H2. The van der Waals surface area contributed by atoms with Gasteiger partial charge in [0.05, 0.1) is 13.9 Å². The molecule has 0 aliphatic rings. The Morgan fingerprint density at radius 2 is 1.91 bits per heavy atom. The van der Waals surface area contributed by atoms with Crippen LogP contribution in [-0.2, 0) is 6.61 Å². The number of nitrogens with zero attached hydrogens (tertiary/aromatic N) is 1. The molecular formula is C15H10Br2FNO3. The molecule has 0 saturated carbocycles. The summed E-state index contributed by atoms with van der Waals surface area (Å²) in [5.41, 5.74) is 1.35. The van der Waals surface area contributed by atoms with E-state index in [2.05, 4.69) is 31.9 Å². The molecule has 114 valence electrons. The summed E-state index contributed by atoms with van der Waals surface area (Å²) in [6, 6.07) is 9.54. The maximum absolute atomic E-state index is 13.1.